The SMILES string of the molecule is CN1C2CCC1CC(OC(=O)C(OC(=O)c1ccccc1)c1ccccc1)C2. The molecule has 2 fully saturated rings. The van der Waals surface area contributed by atoms with Crippen molar-refractivity contribution >= 4 is 11.9 Å². The van der Waals surface area contributed by atoms with Crippen molar-refractivity contribution in [2.45, 2.75) is 50.0 Å². The molecule has 5 nitrogen and oxygen atoms in total. The van der Waals surface area contributed by atoms with Crippen molar-refractivity contribution in [1.29, 1.82) is 0 Å². The molecule has 0 radical (unpaired) electrons. The fourth-order valence-electron chi connectivity index (χ4n) is 4.31. The van der Waals surface area contributed by atoms with Gasteiger partial charge in [-0.1, -0.05) is 48.5 Å². The number of esters is 2. The van der Waals surface area contributed by atoms with E-state index in [-0.39, 0.29) is 6.10 Å². The van der Waals surface area contributed by atoms with Gasteiger partial charge < -0.3 is 14.4 Å². The third-order valence-electron chi connectivity index (χ3n) is 5.89. The fourth-order valence-corrected chi connectivity index (χ4v) is 4.31. The lowest BCUT2D eigenvalue weighted by molar-refractivity contribution is -0.163. The van der Waals surface area contributed by atoms with Crippen LogP contribution in [0.1, 0.15) is 47.7 Å². The molecule has 2 aromatic carbocycles. The van der Waals surface area contributed by atoms with Crippen LogP contribution in [-0.4, -0.2) is 42.1 Å². The Morgan fingerprint density at radius 1 is 0.929 bits per heavy atom. The summed E-state index contributed by atoms with van der Waals surface area (Å²) in [6, 6.07) is 18.7. The minimum absolute atomic E-state index is 0.122. The summed E-state index contributed by atoms with van der Waals surface area (Å²) in [4.78, 5) is 27.9. The van der Waals surface area contributed by atoms with Gasteiger partial charge in [0.15, 0.2) is 0 Å². The molecular formula is C23H25NO4. The van der Waals surface area contributed by atoms with Gasteiger partial charge in [0, 0.05) is 17.6 Å². The zero-order chi connectivity index (χ0) is 19.5. The van der Waals surface area contributed by atoms with Crippen molar-refractivity contribution < 1.29 is 19.1 Å². The molecule has 2 saturated heterocycles. The van der Waals surface area contributed by atoms with Gasteiger partial charge in [-0.2, -0.15) is 0 Å². The molecule has 4 rings (SSSR count). The Hall–Kier alpha value is -2.66. The molecule has 28 heavy (non-hydrogen) atoms. The zero-order valence-electron chi connectivity index (χ0n) is 16.0. The molecule has 0 aromatic heterocycles. The highest BCUT2D eigenvalue weighted by Gasteiger charge is 2.41. The maximum absolute atomic E-state index is 13.0. The van der Waals surface area contributed by atoms with Crippen LogP contribution in [0.5, 0.6) is 0 Å². The van der Waals surface area contributed by atoms with Gasteiger partial charge in [0.2, 0.25) is 6.10 Å². The standard InChI is InChI=1S/C23H25NO4/c1-24-18-12-13-19(24)15-20(14-18)27-23(26)21(16-8-4-2-5-9-16)28-22(25)17-10-6-3-7-11-17/h2-11,18-21H,12-15H2,1H3. The van der Waals surface area contributed by atoms with Crippen LogP contribution < -0.4 is 0 Å². The van der Waals surface area contributed by atoms with E-state index in [1.54, 1.807) is 36.4 Å². The number of carbonyl (C=O) groups excluding carboxylic acids is 2. The smallest absolute Gasteiger partial charge is 0.352 e. The molecule has 0 N–H and O–H groups in total. The van der Waals surface area contributed by atoms with Crippen LogP contribution in [0, 0.1) is 0 Å². The number of benzene rings is 2. The third kappa shape index (κ3) is 3.94. The van der Waals surface area contributed by atoms with Crippen molar-refractivity contribution in [1.82, 2.24) is 4.90 Å². The topological polar surface area (TPSA) is 55.8 Å². The van der Waals surface area contributed by atoms with E-state index in [2.05, 4.69) is 11.9 Å². The van der Waals surface area contributed by atoms with Crippen molar-refractivity contribution in [3.63, 3.8) is 0 Å². The van der Waals surface area contributed by atoms with Crippen molar-refractivity contribution in [3.8, 4) is 0 Å². The first kappa shape index (κ1) is 18.7. The van der Waals surface area contributed by atoms with Gasteiger partial charge in [0.1, 0.15) is 6.10 Å². The molecular weight excluding hydrogens is 354 g/mol. The van der Waals surface area contributed by atoms with E-state index in [1.807, 2.05) is 24.3 Å². The molecule has 3 unspecified atom stereocenters. The lowest BCUT2D eigenvalue weighted by atomic mass is 10.0. The van der Waals surface area contributed by atoms with E-state index in [9.17, 15) is 9.59 Å². The van der Waals surface area contributed by atoms with Gasteiger partial charge in [0.05, 0.1) is 5.56 Å². The van der Waals surface area contributed by atoms with E-state index in [4.69, 9.17) is 9.47 Å². The summed E-state index contributed by atoms with van der Waals surface area (Å²) in [5, 5.41) is 0. The summed E-state index contributed by atoms with van der Waals surface area (Å²) in [6.07, 6.45) is 2.80. The van der Waals surface area contributed by atoms with Crippen LogP contribution in [-0.2, 0) is 14.3 Å². The first-order valence-electron chi connectivity index (χ1n) is 9.85. The molecule has 0 aliphatic carbocycles. The first-order chi connectivity index (χ1) is 13.6. The van der Waals surface area contributed by atoms with E-state index in [0.717, 1.165) is 25.7 Å². The number of rotatable bonds is 5. The van der Waals surface area contributed by atoms with Gasteiger partial charge in [-0.05, 0) is 44.9 Å². The lowest BCUT2D eigenvalue weighted by Gasteiger charge is -2.36. The average molecular weight is 379 g/mol. The van der Waals surface area contributed by atoms with E-state index >= 15 is 0 Å². The molecule has 3 atom stereocenters. The maximum Gasteiger partial charge on any atom is 0.352 e. The molecule has 0 amide bonds. The predicted molar refractivity (Wildman–Crippen MR) is 105 cm³/mol. The third-order valence-corrected chi connectivity index (χ3v) is 5.89. The number of hydrogen-bond donors (Lipinski definition) is 0. The summed E-state index contributed by atoms with van der Waals surface area (Å²) in [6.45, 7) is 0. The van der Waals surface area contributed by atoms with Crippen molar-refractivity contribution in [2.75, 3.05) is 7.05 Å². The quantitative estimate of drug-likeness (QED) is 0.741. The average Bonchev–Trinajstić information content (AvgIpc) is 2.93. The second-order valence-electron chi connectivity index (χ2n) is 7.64. The Kier molecular flexibility index (Phi) is 5.44. The molecule has 146 valence electrons. The summed E-state index contributed by atoms with van der Waals surface area (Å²) in [5.41, 5.74) is 1.03. The lowest BCUT2D eigenvalue weighted by Crippen LogP contribution is -2.44. The highest BCUT2D eigenvalue weighted by Crippen LogP contribution is 2.36. The zero-order valence-corrected chi connectivity index (χ0v) is 16.0. The van der Waals surface area contributed by atoms with Crippen molar-refractivity contribution in [2.24, 2.45) is 0 Å². The Morgan fingerprint density at radius 2 is 1.50 bits per heavy atom. The van der Waals surface area contributed by atoms with Gasteiger partial charge in [-0.25, -0.2) is 9.59 Å². The molecule has 2 bridgehead atoms. The minimum Gasteiger partial charge on any atom is -0.459 e. The second kappa shape index (κ2) is 8.15. The second-order valence-corrected chi connectivity index (χ2v) is 7.64. The monoisotopic (exact) mass is 379 g/mol. The van der Waals surface area contributed by atoms with Gasteiger partial charge >= 0.3 is 11.9 Å². The van der Waals surface area contributed by atoms with Crippen LogP contribution in [0.3, 0.4) is 0 Å². The van der Waals surface area contributed by atoms with Crippen LogP contribution >= 0.6 is 0 Å². The molecule has 2 aliphatic rings. The fraction of sp³-hybridized carbons (Fsp3) is 0.391. The van der Waals surface area contributed by atoms with Crippen molar-refractivity contribution in [3.05, 3.63) is 71.8 Å². The van der Waals surface area contributed by atoms with Crippen LogP contribution in [0.15, 0.2) is 60.7 Å². The molecule has 0 spiro atoms. The normalized spacial score (nSPS) is 25.1. The predicted octanol–water partition coefficient (Wildman–Crippen LogP) is 3.75. The van der Waals surface area contributed by atoms with E-state index in [0.29, 0.717) is 23.2 Å². The maximum atomic E-state index is 13.0. The summed E-state index contributed by atoms with van der Waals surface area (Å²) >= 11 is 0. The molecule has 0 saturated carbocycles. The number of fused-ring (bicyclic) bond motifs is 2. The van der Waals surface area contributed by atoms with Gasteiger partial charge in [-0.15, -0.1) is 0 Å². The number of ether oxygens (including phenoxy) is 2. The number of hydrogen-bond acceptors (Lipinski definition) is 5. The van der Waals surface area contributed by atoms with Crippen LogP contribution in [0.2, 0.25) is 0 Å². The number of piperidine rings is 1. The number of carbonyl (C=O) groups is 2. The largest absolute Gasteiger partial charge is 0.459 e. The van der Waals surface area contributed by atoms with Gasteiger partial charge in [-0.3, -0.25) is 0 Å². The van der Waals surface area contributed by atoms with Crippen LogP contribution in [0.25, 0.3) is 0 Å². The summed E-state index contributed by atoms with van der Waals surface area (Å²) < 4.78 is 11.4. The molecule has 2 aromatic rings. The Bertz CT molecular complexity index is 809. The van der Waals surface area contributed by atoms with E-state index < -0.39 is 18.0 Å². The molecule has 2 heterocycles. The Morgan fingerprint density at radius 3 is 2.11 bits per heavy atom. The Balaban J connectivity index is 1.49. The highest BCUT2D eigenvalue weighted by molar-refractivity contribution is 5.91. The highest BCUT2D eigenvalue weighted by atomic mass is 16.6. The summed E-state index contributed by atoms with van der Waals surface area (Å²) in [7, 11) is 2.15. The molecule has 2 aliphatic heterocycles. The minimum atomic E-state index is -1.06. The number of nitrogens with zero attached hydrogens (tertiary/aromatic N) is 1. The molecule has 5 heteroatoms. The Labute approximate surface area is 165 Å². The van der Waals surface area contributed by atoms with E-state index in [1.165, 1.54) is 0 Å². The first-order valence-corrected chi connectivity index (χ1v) is 9.85. The van der Waals surface area contributed by atoms with Crippen LogP contribution in [0.4, 0.5) is 0 Å². The van der Waals surface area contributed by atoms with Gasteiger partial charge in [0.25, 0.3) is 0 Å². The summed E-state index contributed by atoms with van der Waals surface area (Å²) in [5.74, 6) is -1.03.